The van der Waals surface area contributed by atoms with Gasteiger partial charge in [0.15, 0.2) is 17.6 Å². The van der Waals surface area contributed by atoms with Crippen molar-refractivity contribution in [1.29, 1.82) is 0 Å². The summed E-state index contributed by atoms with van der Waals surface area (Å²) in [6, 6.07) is 15.5. The Morgan fingerprint density at radius 3 is 2.65 bits per heavy atom. The highest BCUT2D eigenvalue weighted by molar-refractivity contribution is 7.85. The van der Waals surface area contributed by atoms with Crippen LogP contribution in [-0.2, 0) is 32.1 Å². The average molecular weight is 378 g/mol. The maximum Gasteiger partial charge on any atom is 0.264 e. The number of benzene rings is 2. The zero-order valence-corrected chi connectivity index (χ0v) is 15.4. The van der Waals surface area contributed by atoms with Crippen LogP contribution in [0.5, 0.6) is 11.5 Å². The van der Waals surface area contributed by atoms with E-state index in [-0.39, 0.29) is 12.7 Å². The van der Waals surface area contributed by atoms with Crippen LogP contribution in [0.1, 0.15) is 11.1 Å². The third kappa shape index (κ3) is 5.72. The molecule has 0 bridgehead atoms. The Balaban J connectivity index is 1.51. The lowest BCUT2D eigenvalue weighted by atomic mass is 10.1. The molecular formula is C19H22O6S. The van der Waals surface area contributed by atoms with Crippen molar-refractivity contribution in [3.63, 3.8) is 0 Å². The van der Waals surface area contributed by atoms with E-state index >= 15 is 0 Å². The molecule has 0 aliphatic carbocycles. The molecule has 0 saturated heterocycles. The number of ether oxygens (including phenoxy) is 3. The molecule has 0 saturated carbocycles. The summed E-state index contributed by atoms with van der Waals surface area (Å²) in [5.41, 5.74) is 2.03. The molecule has 0 fully saturated rings. The number of hydrogen-bond acceptors (Lipinski definition) is 6. The molecule has 1 aliphatic rings. The van der Waals surface area contributed by atoms with E-state index in [0.29, 0.717) is 37.7 Å². The van der Waals surface area contributed by atoms with Crippen LogP contribution in [0.3, 0.4) is 0 Å². The van der Waals surface area contributed by atoms with Crippen molar-refractivity contribution < 1.29 is 26.8 Å². The van der Waals surface area contributed by atoms with Crippen molar-refractivity contribution in [2.45, 2.75) is 19.1 Å². The Labute approximate surface area is 153 Å². The highest BCUT2D eigenvalue weighted by Gasteiger charge is 2.21. The predicted molar refractivity (Wildman–Crippen MR) is 97.0 cm³/mol. The van der Waals surface area contributed by atoms with Crippen LogP contribution in [0.25, 0.3) is 0 Å². The lowest BCUT2D eigenvalue weighted by Gasteiger charge is -2.26. The van der Waals surface area contributed by atoms with E-state index in [9.17, 15) is 8.42 Å². The zero-order chi connectivity index (χ0) is 18.4. The molecule has 0 amide bonds. The van der Waals surface area contributed by atoms with Gasteiger partial charge in [-0.25, -0.2) is 0 Å². The summed E-state index contributed by atoms with van der Waals surface area (Å²) in [5, 5.41) is 0. The van der Waals surface area contributed by atoms with Crippen molar-refractivity contribution >= 4 is 10.1 Å². The number of rotatable bonds is 8. The fourth-order valence-corrected chi connectivity index (χ4v) is 2.98. The highest BCUT2D eigenvalue weighted by Crippen LogP contribution is 2.32. The van der Waals surface area contributed by atoms with E-state index in [1.807, 2.05) is 48.5 Å². The van der Waals surface area contributed by atoms with Crippen LogP contribution in [0.2, 0.25) is 0 Å². The minimum Gasteiger partial charge on any atom is -0.486 e. The first kappa shape index (κ1) is 18.7. The standard InChI is InChI=1S/C19H22O6S/c1-26(20,21)24-10-9-15-7-8-18-19(11-15)25-17(14-23-18)13-22-12-16-5-3-2-4-6-16/h2-8,11,17H,9-10,12-14H2,1H3/t17-/m1/s1. The summed E-state index contributed by atoms with van der Waals surface area (Å²) >= 11 is 0. The zero-order valence-electron chi connectivity index (χ0n) is 14.6. The van der Waals surface area contributed by atoms with Gasteiger partial charge in [-0.1, -0.05) is 36.4 Å². The largest absolute Gasteiger partial charge is 0.486 e. The molecule has 0 N–H and O–H groups in total. The molecule has 1 aliphatic heterocycles. The Morgan fingerprint density at radius 1 is 1.08 bits per heavy atom. The Bertz CT molecular complexity index is 819. The van der Waals surface area contributed by atoms with E-state index in [2.05, 4.69) is 0 Å². The SMILES string of the molecule is CS(=O)(=O)OCCc1ccc2c(c1)O[C@H](COCc1ccccc1)CO2. The molecule has 1 heterocycles. The van der Waals surface area contributed by atoms with Gasteiger partial charge in [-0.05, 0) is 29.7 Å². The maximum atomic E-state index is 11.0. The third-order valence-corrected chi connectivity index (χ3v) is 4.42. The minimum absolute atomic E-state index is 0.0993. The molecule has 0 spiro atoms. The second-order valence-corrected chi connectivity index (χ2v) is 7.75. The topological polar surface area (TPSA) is 71.1 Å². The van der Waals surface area contributed by atoms with E-state index in [4.69, 9.17) is 18.4 Å². The lowest BCUT2D eigenvalue weighted by molar-refractivity contribution is 0.00266. The number of hydrogen-bond donors (Lipinski definition) is 0. The molecule has 140 valence electrons. The fourth-order valence-electron chi connectivity index (χ4n) is 2.59. The van der Waals surface area contributed by atoms with Gasteiger partial charge in [-0.15, -0.1) is 0 Å². The summed E-state index contributed by atoms with van der Waals surface area (Å²) in [6.45, 7) is 1.48. The molecule has 0 radical (unpaired) electrons. The lowest BCUT2D eigenvalue weighted by Crippen LogP contribution is -2.33. The van der Waals surface area contributed by atoms with Crippen LogP contribution >= 0.6 is 0 Å². The average Bonchev–Trinajstić information content (AvgIpc) is 2.61. The van der Waals surface area contributed by atoms with Crippen molar-refractivity contribution in [2.24, 2.45) is 0 Å². The van der Waals surface area contributed by atoms with E-state index in [0.717, 1.165) is 17.4 Å². The van der Waals surface area contributed by atoms with Gasteiger partial charge in [0.25, 0.3) is 10.1 Å². The summed E-state index contributed by atoms with van der Waals surface area (Å²) in [4.78, 5) is 0. The van der Waals surface area contributed by atoms with Gasteiger partial charge in [-0.3, -0.25) is 4.18 Å². The van der Waals surface area contributed by atoms with Gasteiger partial charge >= 0.3 is 0 Å². The van der Waals surface area contributed by atoms with Gasteiger partial charge < -0.3 is 14.2 Å². The van der Waals surface area contributed by atoms with Gasteiger partial charge in [-0.2, -0.15) is 8.42 Å². The monoisotopic (exact) mass is 378 g/mol. The van der Waals surface area contributed by atoms with Gasteiger partial charge in [0.05, 0.1) is 26.1 Å². The summed E-state index contributed by atoms with van der Waals surface area (Å²) in [7, 11) is -3.43. The summed E-state index contributed by atoms with van der Waals surface area (Å²) < 4.78 is 44.2. The predicted octanol–water partition coefficient (Wildman–Crippen LogP) is 2.56. The second kappa shape index (κ2) is 8.53. The van der Waals surface area contributed by atoms with Crippen molar-refractivity contribution in [3.8, 4) is 11.5 Å². The van der Waals surface area contributed by atoms with E-state index in [1.54, 1.807) is 0 Å². The summed E-state index contributed by atoms with van der Waals surface area (Å²) in [5.74, 6) is 1.32. The molecular weight excluding hydrogens is 356 g/mol. The molecule has 3 rings (SSSR count). The summed E-state index contributed by atoms with van der Waals surface area (Å²) in [6.07, 6.45) is 1.32. The van der Waals surface area contributed by atoms with Crippen molar-refractivity contribution in [3.05, 3.63) is 59.7 Å². The van der Waals surface area contributed by atoms with Crippen molar-refractivity contribution in [1.82, 2.24) is 0 Å². The Morgan fingerprint density at radius 2 is 1.88 bits per heavy atom. The Hall–Kier alpha value is -2.09. The van der Waals surface area contributed by atoms with E-state index in [1.165, 1.54) is 0 Å². The van der Waals surface area contributed by atoms with Crippen LogP contribution in [0.4, 0.5) is 0 Å². The maximum absolute atomic E-state index is 11.0. The first-order valence-corrected chi connectivity index (χ1v) is 10.2. The van der Waals surface area contributed by atoms with E-state index < -0.39 is 10.1 Å². The normalized spacial score (nSPS) is 16.4. The van der Waals surface area contributed by atoms with Gasteiger partial charge in [0.2, 0.25) is 0 Å². The molecule has 1 atom stereocenters. The number of fused-ring (bicyclic) bond motifs is 1. The molecule has 2 aromatic rings. The quantitative estimate of drug-likeness (QED) is 0.658. The van der Waals surface area contributed by atoms with Crippen LogP contribution in [0, 0.1) is 0 Å². The fraction of sp³-hybridized carbons (Fsp3) is 0.368. The Kier molecular flexibility index (Phi) is 6.13. The molecule has 0 unspecified atom stereocenters. The van der Waals surface area contributed by atoms with Crippen LogP contribution in [0.15, 0.2) is 48.5 Å². The molecule has 0 aromatic heterocycles. The second-order valence-electron chi connectivity index (χ2n) is 6.11. The first-order valence-electron chi connectivity index (χ1n) is 8.38. The smallest absolute Gasteiger partial charge is 0.264 e. The van der Waals surface area contributed by atoms with Gasteiger partial charge in [0, 0.05) is 0 Å². The van der Waals surface area contributed by atoms with Crippen LogP contribution < -0.4 is 9.47 Å². The van der Waals surface area contributed by atoms with Crippen molar-refractivity contribution in [2.75, 3.05) is 26.1 Å². The molecule has 2 aromatic carbocycles. The minimum atomic E-state index is -3.43. The third-order valence-electron chi connectivity index (χ3n) is 3.83. The van der Waals surface area contributed by atoms with Crippen LogP contribution in [-0.4, -0.2) is 40.6 Å². The first-order chi connectivity index (χ1) is 12.5. The molecule has 6 nitrogen and oxygen atoms in total. The van der Waals surface area contributed by atoms with Gasteiger partial charge in [0.1, 0.15) is 6.61 Å². The molecule has 7 heteroatoms. The highest BCUT2D eigenvalue weighted by atomic mass is 32.2. The molecule has 26 heavy (non-hydrogen) atoms.